The van der Waals surface area contributed by atoms with Gasteiger partial charge in [0.2, 0.25) is 5.78 Å². The topological polar surface area (TPSA) is 50.1 Å². The van der Waals surface area contributed by atoms with Crippen LogP contribution in [-0.2, 0) is 12.8 Å². The molecule has 3 heteroatoms. The highest BCUT2D eigenvalue weighted by Crippen LogP contribution is 2.25. The molecule has 0 bridgehead atoms. The first kappa shape index (κ1) is 18.0. The first-order valence-electron chi connectivity index (χ1n) is 9.57. The van der Waals surface area contributed by atoms with E-state index in [1.54, 1.807) is 19.1 Å². The summed E-state index contributed by atoms with van der Waals surface area (Å²) in [5.74, 6) is 0.672. The highest BCUT2D eigenvalue weighted by Gasteiger charge is 2.19. The SMILES string of the molecule is C[C@@H](Oc1ccc(-c2ccc(C#N)cc2)cc1)C(=O)c1ccc2c(c1)CCC2. The Morgan fingerprint density at radius 1 is 0.929 bits per heavy atom. The lowest BCUT2D eigenvalue weighted by molar-refractivity contribution is 0.0818. The Kier molecular flexibility index (Phi) is 4.95. The molecule has 1 aliphatic carbocycles. The molecule has 0 N–H and O–H groups in total. The molecule has 138 valence electrons. The predicted molar refractivity (Wildman–Crippen MR) is 109 cm³/mol. The molecule has 0 fully saturated rings. The highest BCUT2D eigenvalue weighted by molar-refractivity contribution is 5.99. The van der Waals surface area contributed by atoms with Crippen molar-refractivity contribution in [2.24, 2.45) is 0 Å². The molecule has 0 aliphatic heterocycles. The molecule has 0 amide bonds. The normalized spacial score (nSPS) is 13.4. The van der Waals surface area contributed by atoms with Crippen molar-refractivity contribution < 1.29 is 9.53 Å². The first-order chi connectivity index (χ1) is 13.6. The lowest BCUT2D eigenvalue weighted by atomic mass is 10.0. The number of ketones is 1. The number of ether oxygens (including phenoxy) is 1. The summed E-state index contributed by atoms with van der Waals surface area (Å²) in [6.45, 7) is 1.80. The maximum atomic E-state index is 12.7. The Balaban J connectivity index is 1.44. The molecule has 0 saturated heterocycles. The Hall–Kier alpha value is -3.38. The molecule has 28 heavy (non-hydrogen) atoms. The smallest absolute Gasteiger partial charge is 0.203 e. The van der Waals surface area contributed by atoms with Crippen molar-refractivity contribution in [2.75, 3.05) is 0 Å². The van der Waals surface area contributed by atoms with Crippen LogP contribution in [0.15, 0.2) is 66.7 Å². The molecular formula is C25H21NO2. The molecule has 1 aliphatic rings. The van der Waals surface area contributed by atoms with Crippen LogP contribution in [0.5, 0.6) is 5.75 Å². The van der Waals surface area contributed by atoms with E-state index in [0.717, 1.165) is 29.5 Å². The van der Waals surface area contributed by atoms with Gasteiger partial charge in [-0.25, -0.2) is 0 Å². The zero-order valence-electron chi connectivity index (χ0n) is 15.8. The van der Waals surface area contributed by atoms with Gasteiger partial charge in [-0.3, -0.25) is 4.79 Å². The maximum Gasteiger partial charge on any atom is 0.203 e. The van der Waals surface area contributed by atoms with E-state index >= 15 is 0 Å². The van der Waals surface area contributed by atoms with Gasteiger partial charge in [0.1, 0.15) is 5.75 Å². The zero-order chi connectivity index (χ0) is 19.5. The van der Waals surface area contributed by atoms with Gasteiger partial charge in [0.25, 0.3) is 0 Å². The third kappa shape index (κ3) is 3.68. The lowest BCUT2D eigenvalue weighted by Gasteiger charge is -2.15. The lowest BCUT2D eigenvalue weighted by Crippen LogP contribution is -2.24. The molecule has 0 heterocycles. The number of hydrogen-bond acceptors (Lipinski definition) is 3. The van der Waals surface area contributed by atoms with Crippen molar-refractivity contribution in [3.63, 3.8) is 0 Å². The second kappa shape index (κ2) is 7.70. The fourth-order valence-corrected chi connectivity index (χ4v) is 3.68. The van der Waals surface area contributed by atoms with E-state index in [2.05, 4.69) is 12.1 Å². The van der Waals surface area contributed by atoms with Crippen molar-refractivity contribution in [3.05, 3.63) is 89.0 Å². The molecule has 0 aromatic heterocycles. The van der Waals surface area contributed by atoms with E-state index < -0.39 is 6.10 Å². The van der Waals surface area contributed by atoms with Gasteiger partial charge in [-0.15, -0.1) is 0 Å². The average molecular weight is 367 g/mol. The molecule has 0 unspecified atom stereocenters. The quantitative estimate of drug-likeness (QED) is 0.570. The van der Waals surface area contributed by atoms with Gasteiger partial charge in [-0.1, -0.05) is 36.4 Å². The van der Waals surface area contributed by atoms with Crippen LogP contribution in [0.4, 0.5) is 0 Å². The number of Topliss-reactive ketones (excluding diaryl/α,β-unsaturated/α-hetero) is 1. The van der Waals surface area contributed by atoms with E-state index in [1.165, 1.54) is 17.5 Å². The summed E-state index contributed by atoms with van der Waals surface area (Å²) >= 11 is 0. The molecule has 3 aromatic rings. The minimum absolute atomic E-state index is 0.00543. The van der Waals surface area contributed by atoms with Gasteiger partial charge < -0.3 is 4.74 Å². The van der Waals surface area contributed by atoms with Crippen LogP contribution in [0.1, 0.15) is 40.4 Å². The van der Waals surface area contributed by atoms with E-state index in [9.17, 15) is 4.79 Å². The largest absolute Gasteiger partial charge is 0.483 e. The standard InChI is InChI=1S/C25H21NO2/c1-17(25(27)23-10-9-19-3-2-4-22(19)15-23)28-24-13-11-21(12-14-24)20-7-5-18(16-26)6-8-20/h5-15,17H,2-4H2,1H3/t17-/m1/s1. The molecule has 0 radical (unpaired) electrons. The van der Waals surface area contributed by atoms with Crippen molar-refractivity contribution >= 4 is 5.78 Å². The summed E-state index contributed by atoms with van der Waals surface area (Å²) in [4.78, 5) is 12.7. The summed E-state index contributed by atoms with van der Waals surface area (Å²) in [6.07, 6.45) is 2.80. The first-order valence-corrected chi connectivity index (χ1v) is 9.57. The summed E-state index contributed by atoms with van der Waals surface area (Å²) < 4.78 is 5.88. The zero-order valence-corrected chi connectivity index (χ0v) is 15.8. The van der Waals surface area contributed by atoms with E-state index in [-0.39, 0.29) is 5.78 Å². The van der Waals surface area contributed by atoms with E-state index in [1.807, 2.05) is 48.5 Å². The number of carbonyl (C=O) groups is 1. The van der Waals surface area contributed by atoms with Crippen LogP contribution in [0.25, 0.3) is 11.1 Å². The van der Waals surface area contributed by atoms with Gasteiger partial charge in [-0.05, 0) is 78.8 Å². The number of aryl methyl sites for hydroxylation is 2. The number of carbonyl (C=O) groups excluding carboxylic acids is 1. The van der Waals surface area contributed by atoms with Crippen molar-refractivity contribution in [2.45, 2.75) is 32.3 Å². The fourth-order valence-electron chi connectivity index (χ4n) is 3.68. The molecule has 4 rings (SSSR count). The molecule has 3 aromatic carbocycles. The fraction of sp³-hybridized carbons (Fsp3) is 0.200. The van der Waals surface area contributed by atoms with Gasteiger partial charge in [-0.2, -0.15) is 5.26 Å². The second-order valence-corrected chi connectivity index (χ2v) is 7.17. The average Bonchev–Trinajstić information content (AvgIpc) is 3.21. The summed E-state index contributed by atoms with van der Waals surface area (Å²) in [5.41, 5.74) is 6.10. The van der Waals surface area contributed by atoms with Crippen LogP contribution in [0.2, 0.25) is 0 Å². The van der Waals surface area contributed by atoms with E-state index in [4.69, 9.17) is 10.00 Å². The molecule has 1 atom stereocenters. The Labute approximate surface area is 165 Å². The number of benzene rings is 3. The minimum Gasteiger partial charge on any atom is -0.483 e. The Bertz CT molecular complexity index is 1040. The van der Waals surface area contributed by atoms with Gasteiger partial charge >= 0.3 is 0 Å². The van der Waals surface area contributed by atoms with Crippen LogP contribution in [0, 0.1) is 11.3 Å². The van der Waals surface area contributed by atoms with Gasteiger partial charge in [0.15, 0.2) is 6.10 Å². The monoisotopic (exact) mass is 367 g/mol. The summed E-state index contributed by atoms with van der Waals surface area (Å²) in [6, 6.07) is 23.3. The van der Waals surface area contributed by atoms with Gasteiger partial charge in [0, 0.05) is 5.56 Å². The van der Waals surface area contributed by atoms with Crippen molar-refractivity contribution in [1.29, 1.82) is 5.26 Å². The number of hydrogen-bond donors (Lipinski definition) is 0. The van der Waals surface area contributed by atoms with Crippen LogP contribution < -0.4 is 4.74 Å². The predicted octanol–water partition coefficient (Wildman–Crippen LogP) is 5.36. The van der Waals surface area contributed by atoms with E-state index in [0.29, 0.717) is 11.3 Å². The second-order valence-electron chi connectivity index (χ2n) is 7.17. The summed E-state index contributed by atoms with van der Waals surface area (Å²) in [7, 11) is 0. The third-order valence-electron chi connectivity index (χ3n) is 5.27. The third-order valence-corrected chi connectivity index (χ3v) is 5.27. The number of nitriles is 1. The Morgan fingerprint density at radius 3 is 2.25 bits per heavy atom. The highest BCUT2D eigenvalue weighted by atomic mass is 16.5. The maximum absolute atomic E-state index is 12.7. The minimum atomic E-state index is -0.541. The van der Waals surface area contributed by atoms with Gasteiger partial charge in [0.05, 0.1) is 11.6 Å². The van der Waals surface area contributed by atoms with Crippen LogP contribution in [-0.4, -0.2) is 11.9 Å². The summed E-state index contributed by atoms with van der Waals surface area (Å²) in [5, 5.41) is 8.90. The molecule has 0 spiro atoms. The number of fused-ring (bicyclic) bond motifs is 1. The number of nitrogens with zero attached hydrogens (tertiary/aromatic N) is 1. The Morgan fingerprint density at radius 2 is 1.57 bits per heavy atom. The molecule has 0 saturated carbocycles. The van der Waals surface area contributed by atoms with Crippen molar-refractivity contribution in [3.8, 4) is 22.9 Å². The molecule has 3 nitrogen and oxygen atoms in total. The van der Waals surface area contributed by atoms with Crippen LogP contribution in [0.3, 0.4) is 0 Å². The number of rotatable bonds is 5. The molecular weight excluding hydrogens is 346 g/mol. The van der Waals surface area contributed by atoms with Crippen molar-refractivity contribution in [1.82, 2.24) is 0 Å². The van der Waals surface area contributed by atoms with Crippen LogP contribution >= 0.6 is 0 Å².